The molecule has 0 aliphatic carbocycles. The van der Waals surface area contributed by atoms with Gasteiger partial charge in [0.25, 0.3) is 0 Å². The van der Waals surface area contributed by atoms with Crippen molar-refractivity contribution in [3.8, 4) is 0 Å². The molecule has 0 fully saturated rings. The van der Waals surface area contributed by atoms with Crippen LogP contribution in [0.5, 0.6) is 0 Å². The Balaban J connectivity index is 2.03. The molecule has 3 aromatic rings. The third-order valence-corrected chi connectivity index (χ3v) is 2.83. The van der Waals surface area contributed by atoms with Crippen LogP contribution in [-0.2, 0) is 0 Å². The van der Waals surface area contributed by atoms with E-state index in [9.17, 15) is 8.78 Å². The highest BCUT2D eigenvalue weighted by Gasteiger charge is 2.05. The summed E-state index contributed by atoms with van der Waals surface area (Å²) in [5.41, 5.74) is 2.02. The zero-order chi connectivity index (χ0) is 13.2. The Kier molecular flexibility index (Phi) is 2.83. The molecule has 0 amide bonds. The van der Waals surface area contributed by atoms with E-state index in [1.165, 1.54) is 6.07 Å². The van der Waals surface area contributed by atoms with Crippen molar-refractivity contribution in [3.63, 3.8) is 0 Å². The van der Waals surface area contributed by atoms with Gasteiger partial charge in [-0.25, -0.2) is 8.78 Å². The van der Waals surface area contributed by atoms with Crippen molar-refractivity contribution in [3.05, 3.63) is 66.4 Å². The van der Waals surface area contributed by atoms with Gasteiger partial charge in [0.1, 0.15) is 0 Å². The van der Waals surface area contributed by atoms with E-state index in [1.807, 2.05) is 30.3 Å². The summed E-state index contributed by atoms with van der Waals surface area (Å²) in [4.78, 5) is 4.29. The Morgan fingerprint density at radius 3 is 2.58 bits per heavy atom. The second-order valence-electron chi connectivity index (χ2n) is 4.13. The average molecular weight is 256 g/mol. The van der Waals surface area contributed by atoms with Crippen LogP contribution in [0.1, 0.15) is 0 Å². The molecule has 94 valence electrons. The number of benzene rings is 2. The van der Waals surface area contributed by atoms with Crippen molar-refractivity contribution in [2.24, 2.45) is 0 Å². The number of nitrogens with zero attached hydrogens (tertiary/aromatic N) is 1. The minimum atomic E-state index is -0.877. The van der Waals surface area contributed by atoms with E-state index < -0.39 is 11.6 Å². The molecule has 0 atom stereocenters. The largest absolute Gasteiger partial charge is 0.354 e. The van der Waals surface area contributed by atoms with Gasteiger partial charge in [-0.3, -0.25) is 4.98 Å². The van der Waals surface area contributed by atoms with Gasteiger partial charge in [-0.2, -0.15) is 0 Å². The molecular formula is C15H10F2N2. The molecule has 2 aromatic carbocycles. The summed E-state index contributed by atoms with van der Waals surface area (Å²) in [5.74, 6) is -1.74. The topological polar surface area (TPSA) is 24.9 Å². The smallest absolute Gasteiger partial charge is 0.160 e. The highest BCUT2D eigenvalue weighted by atomic mass is 19.2. The highest BCUT2D eigenvalue weighted by Crippen LogP contribution is 2.25. The number of rotatable bonds is 2. The monoisotopic (exact) mass is 256 g/mol. The summed E-state index contributed by atoms with van der Waals surface area (Å²) in [6, 6.07) is 13.2. The van der Waals surface area contributed by atoms with Gasteiger partial charge >= 0.3 is 0 Å². The summed E-state index contributed by atoms with van der Waals surface area (Å²) in [7, 11) is 0. The van der Waals surface area contributed by atoms with E-state index in [-0.39, 0.29) is 0 Å². The van der Waals surface area contributed by atoms with Crippen molar-refractivity contribution in [2.75, 3.05) is 5.32 Å². The van der Waals surface area contributed by atoms with Crippen LogP contribution < -0.4 is 5.32 Å². The lowest BCUT2D eigenvalue weighted by atomic mass is 10.2. The zero-order valence-corrected chi connectivity index (χ0v) is 9.90. The molecule has 1 aromatic heterocycles. The Bertz CT molecular complexity index is 736. The van der Waals surface area contributed by atoms with E-state index in [2.05, 4.69) is 10.3 Å². The lowest BCUT2D eigenvalue weighted by Crippen LogP contribution is -1.94. The lowest BCUT2D eigenvalue weighted by molar-refractivity contribution is 0.509. The number of aromatic nitrogens is 1. The van der Waals surface area contributed by atoms with Gasteiger partial charge in [0, 0.05) is 23.3 Å². The number of anilines is 2. The molecular weight excluding hydrogens is 246 g/mol. The first-order valence-electron chi connectivity index (χ1n) is 5.80. The third-order valence-electron chi connectivity index (χ3n) is 2.83. The SMILES string of the molecule is Fc1ccc(Nc2cccc3cccnc23)cc1F. The molecule has 1 heterocycles. The third kappa shape index (κ3) is 2.25. The van der Waals surface area contributed by atoms with Crippen LogP contribution in [0, 0.1) is 11.6 Å². The van der Waals surface area contributed by atoms with Crippen molar-refractivity contribution in [1.29, 1.82) is 0 Å². The van der Waals surface area contributed by atoms with Crippen molar-refractivity contribution >= 4 is 22.3 Å². The Morgan fingerprint density at radius 1 is 0.895 bits per heavy atom. The molecule has 2 nitrogen and oxygen atoms in total. The first-order chi connectivity index (χ1) is 9.24. The Labute approximate surface area is 108 Å². The van der Waals surface area contributed by atoms with E-state index in [1.54, 1.807) is 6.20 Å². The maximum absolute atomic E-state index is 13.2. The van der Waals surface area contributed by atoms with E-state index in [0.29, 0.717) is 5.69 Å². The van der Waals surface area contributed by atoms with Gasteiger partial charge in [0.15, 0.2) is 11.6 Å². The molecule has 0 radical (unpaired) electrons. The predicted molar refractivity (Wildman–Crippen MR) is 71.4 cm³/mol. The van der Waals surface area contributed by atoms with Crippen molar-refractivity contribution in [1.82, 2.24) is 4.98 Å². The minimum Gasteiger partial charge on any atom is -0.354 e. The molecule has 19 heavy (non-hydrogen) atoms. The van der Waals surface area contributed by atoms with Gasteiger partial charge < -0.3 is 5.32 Å². The molecule has 4 heteroatoms. The van der Waals surface area contributed by atoms with Gasteiger partial charge in [-0.05, 0) is 24.3 Å². The maximum Gasteiger partial charge on any atom is 0.160 e. The fraction of sp³-hybridized carbons (Fsp3) is 0. The van der Waals surface area contributed by atoms with Crippen LogP contribution in [-0.4, -0.2) is 4.98 Å². The van der Waals surface area contributed by atoms with Crippen molar-refractivity contribution < 1.29 is 8.78 Å². The summed E-state index contributed by atoms with van der Waals surface area (Å²) >= 11 is 0. The lowest BCUT2D eigenvalue weighted by Gasteiger charge is -2.09. The molecule has 0 aliphatic rings. The van der Waals surface area contributed by atoms with Crippen LogP contribution in [0.15, 0.2) is 54.7 Å². The molecule has 0 spiro atoms. The second-order valence-corrected chi connectivity index (χ2v) is 4.13. The number of halogens is 2. The minimum absolute atomic E-state index is 0.483. The first-order valence-corrected chi connectivity index (χ1v) is 5.80. The maximum atomic E-state index is 13.2. The summed E-state index contributed by atoms with van der Waals surface area (Å²) in [6.45, 7) is 0. The summed E-state index contributed by atoms with van der Waals surface area (Å²) in [6.07, 6.45) is 1.69. The van der Waals surface area contributed by atoms with Crippen molar-refractivity contribution in [2.45, 2.75) is 0 Å². The molecule has 0 saturated heterocycles. The van der Waals surface area contributed by atoms with Gasteiger partial charge in [-0.15, -0.1) is 0 Å². The van der Waals surface area contributed by atoms with E-state index in [4.69, 9.17) is 0 Å². The number of fused-ring (bicyclic) bond motifs is 1. The fourth-order valence-electron chi connectivity index (χ4n) is 1.93. The van der Waals surface area contributed by atoms with E-state index in [0.717, 1.165) is 28.7 Å². The van der Waals surface area contributed by atoms with Gasteiger partial charge in [0.2, 0.25) is 0 Å². The number of hydrogen-bond acceptors (Lipinski definition) is 2. The zero-order valence-electron chi connectivity index (χ0n) is 9.90. The van der Waals surface area contributed by atoms with Crippen LogP contribution in [0.25, 0.3) is 10.9 Å². The molecule has 3 rings (SSSR count). The first kappa shape index (κ1) is 11.6. The molecule has 0 bridgehead atoms. The number of nitrogens with one attached hydrogen (secondary N) is 1. The number of para-hydroxylation sites is 1. The van der Waals surface area contributed by atoms with Crippen LogP contribution in [0.3, 0.4) is 0 Å². The number of pyridine rings is 1. The normalized spacial score (nSPS) is 10.6. The van der Waals surface area contributed by atoms with Crippen LogP contribution in [0.4, 0.5) is 20.2 Å². The second kappa shape index (κ2) is 4.65. The van der Waals surface area contributed by atoms with E-state index >= 15 is 0 Å². The van der Waals surface area contributed by atoms with Gasteiger partial charge in [0.05, 0.1) is 11.2 Å². The summed E-state index contributed by atoms with van der Waals surface area (Å²) in [5, 5.41) is 4.03. The standard InChI is InChI=1S/C15H10F2N2/c16-12-7-6-11(9-13(12)17)19-14-5-1-3-10-4-2-8-18-15(10)14/h1-9,19H. The Morgan fingerprint density at radius 2 is 1.74 bits per heavy atom. The van der Waals surface area contributed by atoms with Crippen LogP contribution >= 0.6 is 0 Å². The quantitative estimate of drug-likeness (QED) is 0.741. The highest BCUT2D eigenvalue weighted by molar-refractivity contribution is 5.91. The predicted octanol–water partition coefficient (Wildman–Crippen LogP) is 4.26. The fourth-order valence-corrected chi connectivity index (χ4v) is 1.93. The molecule has 0 unspecified atom stereocenters. The van der Waals surface area contributed by atoms with Crippen LogP contribution in [0.2, 0.25) is 0 Å². The molecule has 0 aliphatic heterocycles. The van der Waals surface area contributed by atoms with Gasteiger partial charge in [-0.1, -0.05) is 18.2 Å². The number of hydrogen-bond donors (Lipinski definition) is 1. The summed E-state index contributed by atoms with van der Waals surface area (Å²) < 4.78 is 26.0. The average Bonchev–Trinajstić information content (AvgIpc) is 2.43. The Hall–Kier alpha value is -2.49. The molecule has 1 N–H and O–H groups in total. The molecule has 0 saturated carbocycles.